The molecule has 3 aromatic rings. The fraction of sp³-hybridized carbons (Fsp3) is 0.120. The topological polar surface area (TPSA) is 46.6 Å². The van der Waals surface area contributed by atoms with Crippen LogP contribution >= 0.6 is 39.3 Å². The van der Waals surface area contributed by atoms with E-state index in [1.807, 2.05) is 49.4 Å². The zero-order valence-electron chi connectivity index (χ0n) is 17.2. The number of halogens is 2. The van der Waals surface area contributed by atoms with Crippen molar-refractivity contribution in [3.63, 3.8) is 0 Å². The Morgan fingerprint density at radius 3 is 2.41 bits per heavy atom. The SMILES string of the molecule is Cc1ccc(COc2ccc(Br)cc2C=C2SC(=O)N(Cc3ccc(Cl)cc3)C2=O)cc1. The van der Waals surface area contributed by atoms with Crippen LogP contribution in [0.5, 0.6) is 5.75 Å². The Bertz CT molecular complexity index is 1190. The minimum Gasteiger partial charge on any atom is -0.488 e. The molecule has 0 aliphatic carbocycles. The van der Waals surface area contributed by atoms with Crippen LogP contribution in [0.2, 0.25) is 5.02 Å². The molecule has 0 atom stereocenters. The molecule has 32 heavy (non-hydrogen) atoms. The number of hydrogen-bond acceptors (Lipinski definition) is 4. The van der Waals surface area contributed by atoms with E-state index in [0.29, 0.717) is 22.3 Å². The van der Waals surface area contributed by atoms with Crippen molar-refractivity contribution in [1.29, 1.82) is 0 Å². The highest BCUT2D eigenvalue weighted by atomic mass is 79.9. The second kappa shape index (κ2) is 9.94. The Kier molecular flexibility index (Phi) is 7.04. The van der Waals surface area contributed by atoms with Crippen molar-refractivity contribution in [2.24, 2.45) is 0 Å². The van der Waals surface area contributed by atoms with E-state index in [2.05, 4.69) is 15.9 Å². The Morgan fingerprint density at radius 1 is 1.00 bits per heavy atom. The van der Waals surface area contributed by atoms with Gasteiger partial charge in [-0.15, -0.1) is 0 Å². The molecule has 1 fully saturated rings. The first-order valence-corrected chi connectivity index (χ1v) is 11.9. The molecule has 0 saturated carbocycles. The molecule has 1 aliphatic rings. The zero-order chi connectivity index (χ0) is 22.7. The molecule has 0 radical (unpaired) electrons. The van der Waals surface area contributed by atoms with Gasteiger partial charge in [-0.3, -0.25) is 14.5 Å². The van der Waals surface area contributed by atoms with Crippen molar-refractivity contribution in [3.05, 3.63) is 103 Å². The Hall–Kier alpha value is -2.54. The first kappa shape index (κ1) is 22.6. The van der Waals surface area contributed by atoms with E-state index in [-0.39, 0.29) is 17.7 Å². The van der Waals surface area contributed by atoms with Crippen molar-refractivity contribution < 1.29 is 14.3 Å². The molecular formula is C25H19BrClNO3S. The lowest BCUT2D eigenvalue weighted by atomic mass is 10.1. The first-order valence-electron chi connectivity index (χ1n) is 9.87. The molecule has 0 unspecified atom stereocenters. The minimum absolute atomic E-state index is 0.203. The maximum absolute atomic E-state index is 12.9. The predicted octanol–water partition coefficient (Wildman–Crippen LogP) is 7.23. The molecule has 0 spiro atoms. The van der Waals surface area contributed by atoms with Gasteiger partial charge in [-0.05, 0) is 66.2 Å². The Morgan fingerprint density at radius 2 is 1.69 bits per heavy atom. The summed E-state index contributed by atoms with van der Waals surface area (Å²) < 4.78 is 6.88. The highest BCUT2D eigenvalue weighted by Crippen LogP contribution is 2.36. The van der Waals surface area contributed by atoms with E-state index in [0.717, 1.165) is 32.9 Å². The molecule has 3 aromatic carbocycles. The molecule has 4 rings (SSSR count). The monoisotopic (exact) mass is 527 g/mol. The maximum Gasteiger partial charge on any atom is 0.293 e. The number of aryl methyl sites for hydroxylation is 1. The van der Waals surface area contributed by atoms with Gasteiger partial charge < -0.3 is 4.74 Å². The highest BCUT2D eigenvalue weighted by Gasteiger charge is 2.35. The molecule has 1 aliphatic heterocycles. The van der Waals surface area contributed by atoms with E-state index < -0.39 is 0 Å². The average Bonchev–Trinajstić information content (AvgIpc) is 3.03. The largest absolute Gasteiger partial charge is 0.488 e. The third-order valence-electron chi connectivity index (χ3n) is 4.90. The molecule has 1 saturated heterocycles. The molecule has 0 aromatic heterocycles. The predicted molar refractivity (Wildman–Crippen MR) is 133 cm³/mol. The van der Waals surface area contributed by atoms with Crippen molar-refractivity contribution in [1.82, 2.24) is 4.90 Å². The molecule has 0 N–H and O–H groups in total. The van der Waals surface area contributed by atoms with E-state index in [1.165, 1.54) is 10.5 Å². The average molecular weight is 529 g/mol. The summed E-state index contributed by atoms with van der Waals surface area (Å²) in [5.41, 5.74) is 3.80. The molecule has 4 nitrogen and oxygen atoms in total. The number of rotatable bonds is 6. The lowest BCUT2D eigenvalue weighted by Gasteiger charge is -2.13. The van der Waals surface area contributed by atoms with Gasteiger partial charge in [0.15, 0.2) is 0 Å². The summed E-state index contributed by atoms with van der Waals surface area (Å²) in [4.78, 5) is 27.0. The fourth-order valence-electron chi connectivity index (χ4n) is 3.16. The van der Waals surface area contributed by atoms with Gasteiger partial charge in [-0.2, -0.15) is 0 Å². The highest BCUT2D eigenvalue weighted by molar-refractivity contribution is 9.10. The zero-order valence-corrected chi connectivity index (χ0v) is 20.3. The van der Waals surface area contributed by atoms with Crippen LogP contribution in [0.1, 0.15) is 22.3 Å². The summed E-state index contributed by atoms with van der Waals surface area (Å²) in [6, 6.07) is 20.8. The number of imide groups is 1. The third kappa shape index (κ3) is 5.44. The van der Waals surface area contributed by atoms with Crippen LogP contribution in [0, 0.1) is 6.92 Å². The van der Waals surface area contributed by atoms with Gasteiger partial charge in [-0.1, -0.05) is 69.5 Å². The summed E-state index contributed by atoms with van der Waals surface area (Å²) in [6.07, 6.45) is 1.71. The summed E-state index contributed by atoms with van der Waals surface area (Å²) in [5, 5.41) is 0.309. The van der Waals surface area contributed by atoms with Crippen LogP contribution in [-0.2, 0) is 17.9 Å². The number of carbonyl (C=O) groups is 2. The third-order valence-corrected chi connectivity index (χ3v) is 6.55. The van der Waals surface area contributed by atoms with E-state index >= 15 is 0 Å². The standard InChI is InChI=1S/C25H19BrClNO3S/c1-16-2-4-18(5-3-16)15-31-22-11-8-20(26)12-19(22)13-23-24(29)28(25(30)32-23)14-17-6-9-21(27)10-7-17/h2-13H,14-15H2,1H3. The van der Waals surface area contributed by atoms with Crippen LogP contribution in [0.3, 0.4) is 0 Å². The smallest absolute Gasteiger partial charge is 0.293 e. The van der Waals surface area contributed by atoms with Crippen molar-refractivity contribution in [3.8, 4) is 5.75 Å². The van der Waals surface area contributed by atoms with Crippen LogP contribution in [0.15, 0.2) is 76.1 Å². The lowest BCUT2D eigenvalue weighted by Crippen LogP contribution is -2.27. The fourth-order valence-corrected chi connectivity index (χ4v) is 4.49. The van der Waals surface area contributed by atoms with E-state index in [1.54, 1.807) is 30.3 Å². The van der Waals surface area contributed by atoms with Gasteiger partial charge in [0.2, 0.25) is 0 Å². The maximum atomic E-state index is 12.9. The Balaban J connectivity index is 1.54. The summed E-state index contributed by atoms with van der Waals surface area (Å²) in [5.74, 6) is 0.317. The normalized spacial score (nSPS) is 15.0. The van der Waals surface area contributed by atoms with Crippen molar-refractivity contribution >= 4 is 56.5 Å². The Labute approximate surface area is 204 Å². The number of nitrogens with zero attached hydrogens (tertiary/aromatic N) is 1. The van der Waals surface area contributed by atoms with Crippen molar-refractivity contribution in [2.75, 3.05) is 0 Å². The second-order valence-corrected chi connectivity index (χ2v) is 9.70. The number of ether oxygens (including phenoxy) is 1. The van der Waals surface area contributed by atoms with Gasteiger partial charge in [0.25, 0.3) is 11.1 Å². The van der Waals surface area contributed by atoms with E-state index in [9.17, 15) is 9.59 Å². The molecule has 2 amide bonds. The number of hydrogen-bond donors (Lipinski definition) is 0. The molecule has 162 valence electrons. The van der Waals surface area contributed by atoms with E-state index in [4.69, 9.17) is 16.3 Å². The number of amides is 2. The van der Waals surface area contributed by atoms with Gasteiger partial charge in [0.1, 0.15) is 12.4 Å². The van der Waals surface area contributed by atoms with Crippen molar-refractivity contribution in [2.45, 2.75) is 20.1 Å². The summed E-state index contributed by atoms with van der Waals surface area (Å²) in [6.45, 7) is 2.65. The second-order valence-electron chi connectivity index (χ2n) is 7.35. The molecular weight excluding hydrogens is 510 g/mol. The molecule has 7 heteroatoms. The van der Waals surface area contributed by atoms with Gasteiger partial charge in [0.05, 0.1) is 11.4 Å². The lowest BCUT2D eigenvalue weighted by molar-refractivity contribution is -0.123. The van der Waals surface area contributed by atoms with Gasteiger partial charge >= 0.3 is 0 Å². The van der Waals surface area contributed by atoms with Crippen LogP contribution < -0.4 is 4.74 Å². The number of thioether (sulfide) groups is 1. The van der Waals surface area contributed by atoms with Gasteiger partial charge in [0, 0.05) is 15.1 Å². The van der Waals surface area contributed by atoms with Crippen LogP contribution in [-0.4, -0.2) is 16.0 Å². The summed E-state index contributed by atoms with van der Waals surface area (Å²) >= 11 is 10.3. The van der Waals surface area contributed by atoms with Crippen LogP contribution in [0.25, 0.3) is 6.08 Å². The quantitative estimate of drug-likeness (QED) is 0.317. The minimum atomic E-state index is -0.320. The summed E-state index contributed by atoms with van der Waals surface area (Å²) in [7, 11) is 0. The molecule has 1 heterocycles. The number of carbonyl (C=O) groups excluding carboxylic acids is 2. The molecule has 0 bridgehead atoms. The number of benzene rings is 3. The first-order chi connectivity index (χ1) is 15.4. The van der Waals surface area contributed by atoms with Gasteiger partial charge in [-0.25, -0.2) is 0 Å². The van der Waals surface area contributed by atoms with Crippen LogP contribution in [0.4, 0.5) is 4.79 Å².